The molecule has 1 N–H and O–H groups in total. The normalized spacial score (nSPS) is 19.0. The summed E-state index contributed by atoms with van der Waals surface area (Å²) in [5.74, 6) is 0.337. The number of carbonyl (C=O) groups is 1. The van der Waals surface area contributed by atoms with Crippen molar-refractivity contribution in [1.29, 1.82) is 0 Å². The third kappa shape index (κ3) is 1.74. The number of Topliss-reactive ketones (excluding diaryl/α,β-unsaturated/α-hetero) is 1. The molecule has 0 radical (unpaired) electrons. The molecule has 5 nitrogen and oxygen atoms in total. The van der Waals surface area contributed by atoms with Gasteiger partial charge in [0.1, 0.15) is 11.4 Å². The largest absolute Gasteiger partial charge is 0.346 e. The molecule has 0 aromatic carbocycles. The fraction of sp³-hybridized carbons (Fsp3) is 0.267. The third-order valence-corrected chi connectivity index (χ3v) is 3.97. The van der Waals surface area contributed by atoms with Gasteiger partial charge in [-0.05, 0) is 24.1 Å². The van der Waals surface area contributed by atoms with E-state index in [1.165, 1.54) is 0 Å². The highest BCUT2D eigenvalue weighted by Gasteiger charge is 2.24. The van der Waals surface area contributed by atoms with Crippen LogP contribution in [0.5, 0.6) is 0 Å². The fourth-order valence-electron chi connectivity index (χ4n) is 2.91. The summed E-state index contributed by atoms with van der Waals surface area (Å²) in [6.45, 7) is 0. The summed E-state index contributed by atoms with van der Waals surface area (Å²) in [4.78, 5) is 18.8. The lowest BCUT2D eigenvalue weighted by Crippen LogP contribution is -2.05. The number of nitrogens with zero attached hydrogens (tertiary/aromatic N) is 3. The van der Waals surface area contributed by atoms with Crippen molar-refractivity contribution in [1.82, 2.24) is 19.7 Å². The Morgan fingerprint density at radius 2 is 2.30 bits per heavy atom. The van der Waals surface area contributed by atoms with Crippen LogP contribution in [0.3, 0.4) is 0 Å². The van der Waals surface area contributed by atoms with Crippen LogP contribution >= 0.6 is 0 Å². The summed E-state index contributed by atoms with van der Waals surface area (Å²) in [5.41, 5.74) is 3.06. The SMILES string of the molecule is O=C1CCC(n2cc(-c3ccnc4[nH]ccc34)cn2)C1. The van der Waals surface area contributed by atoms with Crippen LogP contribution in [0.1, 0.15) is 25.3 Å². The molecule has 1 aliphatic rings. The molecule has 1 unspecified atom stereocenters. The highest BCUT2D eigenvalue weighted by atomic mass is 16.1. The van der Waals surface area contributed by atoms with E-state index in [2.05, 4.69) is 15.1 Å². The van der Waals surface area contributed by atoms with Gasteiger partial charge in [0.15, 0.2) is 0 Å². The third-order valence-electron chi connectivity index (χ3n) is 3.97. The van der Waals surface area contributed by atoms with Crippen LogP contribution in [0.25, 0.3) is 22.2 Å². The van der Waals surface area contributed by atoms with Gasteiger partial charge in [-0.3, -0.25) is 9.48 Å². The number of rotatable bonds is 2. The minimum Gasteiger partial charge on any atom is -0.346 e. The zero-order valence-corrected chi connectivity index (χ0v) is 10.9. The number of fused-ring (bicyclic) bond motifs is 1. The Balaban J connectivity index is 1.74. The number of nitrogens with one attached hydrogen (secondary N) is 1. The molecule has 4 rings (SSSR count). The van der Waals surface area contributed by atoms with Crippen LogP contribution in [-0.4, -0.2) is 25.5 Å². The minimum atomic E-state index is 0.222. The first kappa shape index (κ1) is 11.4. The molecule has 0 bridgehead atoms. The van der Waals surface area contributed by atoms with Gasteiger partial charge >= 0.3 is 0 Å². The van der Waals surface area contributed by atoms with Crippen LogP contribution in [-0.2, 0) is 4.79 Å². The van der Waals surface area contributed by atoms with Crippen LogP contribution in [0.15, 0.2) is 36.9 Å². The lowest BCUT2D eigenvalue weighted by Gasteiger charge is -2.07. The number of aromatic nitrogens is 4. The number of H-pyrrole nitrogens is 1. The van der Waals surface area contributed by atoms with Crippen molar-refractivity contribution in [3.8, 4) is 11.1 Å². The van der Waals surface area contributed by atoms with Crippen molar-refractivity contribution in [2.45, 2.75) is 25.3 Å². The molecule has 0 aliphatic heterocycles. The highest BCUT2D eigenvalue weighted by Crippen LogP contribution is 2.30. The van der Waals surface area contributed by atoms with E-state index in [0.29, 0.717) is 18.6 Å². The van der Waals surface area contributed by atoms with Gasteiger partial charge in [0.05, 0.1) is 12.2 Å². The average molecular weight is 266 g/mol. The predicted octanol–water partition coefficient (Wildman–Crippen LogP) is 2.72. The summed E-state index contributed by atoms with van der Waals surface area (Å²) in [5, 5.41) is 5.53. The zero-order valence-electron chi connectivity index (χ0n) is 10.9. The Morgan fingerprint density at radius 1 is 1.35 bits per heavy atom. The maximum Gasteiger partial charge on any atom is 0.137 e. The van der Waals surface area contributed by atoms with E-state index >= 15 is 0 Å². The first-order valence-corrected chi connectivity index (χ1v) is 6.79. The van der Waals surface area contributed by atoms with Gasteiger partial charge in [-0.2, -0.15) is 5.10 Å². The highest BCUT2D eigenvalue weighted by molar-refractivity contribution is 5.92. The van der Waals surface area contributed by atoms with Crippen molar-refractivity contribution in [2.75, 3.05) is 0 Å². The summed E-state index contributed by atoms with van der Waals surface area (Å²) in [7, 11) is 0. The number of ketones is 1. The van der Waals surface area contributed by atoms with Crippen molar-refractivity contribution >= 4 is 16.8 Å². The maximum atomic E-state index is 11.4. The van der Waals surface area contributed by atoms with E-state index in [0.717, 1.165) is 28.6 Å². The molecule has 100 valence electrons. The Hall–Kier alpha value is -2.43. The molecule has 0 spiro atoms. The van der Waals surface area contributed by atoms with E-state index in [9.17, 15) is 4.79 Å². The second-order valence-electron chi connectivity index (χ2n) is 5.24. The van der Waals surface area contributed by atoms with E-state index in [1.54, 1.807) is 6.20 Å². The van der Waals surface area contributed by atoms with Gasteiger partial charge in [0.2, 0.25) is 0 Å². The van der Waals surface area contributed by atoms with Crippen LogP contribution < -0.4 is 0 Å². The van der Waals surface area contributed by atoms with Gasteiger partial charge in [-0.15, -0.1) is 0 Å². The first-order chi connectivity index (χ1) is 9.81. The van der Waals surface area contributed by atoms with Gasteiger partial charge < -0.3 is 4.98 Å². The number of carbonyl (C=O) groups excluding carboxylic acids is 1. The molecular formula is C15H14N4O. The Labute approximate surface area is 115 Å². The van der Waals surface area contributed by atoms with Crippen LogP contribution in [0.2, 0.25) is 0 Å². The molecule has 3 heterocycles. The average Bonchev–Trinajstić information content (AvgIpc) is 3.17. The van der Waals surface area contributed by atoms with Crippen molar-refractivity contribution < 1.29 is 4.79 Å². The van der Waals surface area contributed by atoms with Gasteiger partial charge in [0.25, 0.3) is 0 Å². The monoisotopic (exact) mass is 266 g/mol. The summed E-state index contributed by atoms with van der Waals surface area (Å²) < 4.78 is 1.93. The molecule has 1 fully saturated rings. The standard InChI is InChI=1S/C15H14N4O/c20-12-2-1-11(7-12)19-9-10(8-18-19)13-3-5-16-15-14(13)4-6-17-15/h3-6,8-9,11H,1-2,7H2,(H,16,17). The summed E-state index contributed by atoms with van der Waals surface area (Å²) in [6.07, 6.45) is 9.77. The van der Waals surface area contributed by atoms with Crippen LogP contribution in [0.4, 0.5) is 0 Å². The quantitative estimate of drug-likeness (QED) is 0.775. The number of hydrogen-bond acceptors (Lipinski definition) is 3. The molecule has 3 aromatic rings. The second-order valence-corrected chi connectivity index (χ2v) is 5.24. The van der Waals surface area contributed by atoms with Gasteiger partial charge in [-0.25, -0.2) is 4.98 Å². The minimum absolute atomic E-state index is 0.222. The van der Waals surface area contributed by atoms with E-state index in [1.807, 2.05) is 35.4 Å². The lowest BCUT2D eigenvalue weighted by molar-refractivity contribution is -0.117. The van der Waals surface area contributed by atoms with Crippen molar-refractivity contribution in [3.63, 3.8) is 0 Å². The van der Waals surface area contributed by atoms with E-state index in [4.69, 9.17) is 0 Å². The lowest BCUT2D eigenvalue weighted by atomic mass is 10.1. The van der Waals surface area contributed by atoms with Crippen molar-refractivity contribution in [2.24, 2.45) is 0 Å². The smallest absolute Gasteiger partial charge is 0.137 e. The van der Waals surface area contributed by atoms with Crippen molar-refractivity contribution in [3.05, 3.63) is 36.9 Å². The number of pyridine rings is 1. The molecule has 5 heteroatoms. The topological polar surface area (TPSA) is 63.6 Å². The number of hydrogen-bond donors (Lipinski definition) is 1. The van der Waals surface area contributed by atoms with Gasteiger partial charge in [0, 0.05) is 42.4 Å². The Kier molecular flexibility index (Phi) is 2.45. The molecule has 1 saturated carbocycles. The van der Waals surface area contributed by atoms with E-state index < -0.39 is 0 Å². The maximum absolute atomic E-state index is 11.4. The Bertz CT molecular complexity index is 786. The van der Waals surface area contributed by atoms with Crippen LogP contribution in [0, 0.1) is 0 Å². The molecule has 0 saturated heterocycles. The molecule has 3 aromatic heterocycles. The Morgan fingerprint density at radius 3 is 3.15 bits per heavy atom. The molecule has 1 atom stereocenters. The zero-order chi connectivity index (χ0) is 13.5. The summed E-state index contributed by atoms with van der Waals surface area (Å²) >= 11 is 0. The fourth-order valence-corrected chi connectivity index (χ4v) is 2.91. The predicted molar refractivity (Wildman–Crippen MR) is 75.2 cm³/mol. The number of aromatic amines is 1. The molecule has 20 heavy (non-hydrogen) atoms. The molecule has 1 aliphatic carbocycles. The van der Waals surface area contributed by atoms with E-state index in [-0.39, 0.29) is 6.04 Å². The first-order valence-electron chi connectivity index (χ1n) is 6.79. The van der Waals surface area contributed by atoms with Gasteiger partial charge in [-0.1, -0.05) is 0 Å². The summed E-state index contributed by atoms with van der Waals surface area (Å²) in [6, 6.07) is 4.24. The molecule has 0 amide bonds. The second kappa shape index (κ2) is 4.30. The molecular weight excluding hydrogens is 252 g/mol.